The van der Waals surface area contributed by atoms with Crippen LogP contribution in [0, 0.1) is 5.82 Å². The summed E-state index contributed by atoms with van der Waals surface area (Å²) in [5.74, 6) is -0.208. The molecule has 4 aromatic rings. The molecule has 4 aliphatic rings. The molecule has 7 heterocycles. The van der Waals surface area contributed by atoms with E-state index >= 15 is 4.39 Å². The third-order valence-electron chi connectivity index (χ3n) is 11.0. The van der Waals surface area contributed by atoms with Gasteiger partial charge in [-0.25, -0.2) is 9.37 Å². The number of aromatic nitrogens is 3. The zero-order valence-electron chi connectivity index (χ0n) is 28.7. The fraction of sp³-hybridized carbons (Fsp3) is 0.447. The Morgan fingerprint density at radius 1 is 1.02 bits per heavy atom. The summed E-state index contributed by atoms with van der Waals surface area (Å²) in [5, 5.41) is 13.9. The third kappa shape index (κ3) is 5.78. The Morgan fingerprint density at radius 3 is 2.62 bits per heavy atom. The first-order valence-electron chi connectivity index (χ1n) is 17.8. The summed E-state index contributed by atoms with van der Waals surface area (Å²) in [6.45, 7) is 7.61. The maximum atomic E-state index is 15.4. The molecule has 4 aliphatic heterocycles. The number of carbonyl (C=O) groups excluding carboxylic acids is 1. The first kappa shape index (κ1) is 32.7. The number of aliphatic hydroxyl groups excluding tert-OH is 1. The highest BCUT2D eigenvalue weighted by Gasteiger charge is 2.34. The highest BCUT2D eigenvalue weighted by molar-refractivity contribution is 6.09. The fourth-order valence-corrected chi connectivity index (χ4v) is 8.20. The van der Waals surface area contributed by atoms with Crippen LogP contribution in [0.25, 0.3) is 11.1 Å². The summed E-state index contributed by atoms with van der Waals surface area (Å²) in [5.41, 5.74) is 5.62. The van der Waals surface area contributed by atoms with Gasteiger partial charge in [-0.3, -0.25) is 14.5 Å². The topological polar surface area (TPSA) is 108 Å². The fourth-order valence-electron chi connectivity index (χ4n) is 8.20. The number of nitrogens with zero attached hydrogens (tertiary/aromatic N) is 6. The number of amides is 1. The maximum absolute atomic E-state index is 15.4. The van der Waals surface area contributed by atoms with Crippen molar-refractivity contribution >= 4 is 28.8 Å². The number of aryl methyl sites for hydroxylation is 2. The van der Waals surface area contributed by atoms with Gasteiger partial charge in [0.2, 0.25) is 0 Å². The van der Waals surface area contributed by atoms with E-state index in [1.54, 1.807) is 24.2 Å². The van der Waals surface area contributed by atoms with E-state index in [1.807, 2.05) is 24.4 Å². The average Bonchev–Trinajstić information content (AvgIpc) is 3.49. The molecule has 262 valence electrons. The van der Waals surface area contributed by atoms with Crippen LogP contribution in [0.1, 0.15) is 53.5 Å². The maximum Gasteiger partial charge on any atom is 0.274 e. The number of piperazine rings is 1. The monoisotopic (exact) mass is 681 g/mol. The van der Waals surface area contributed by atoms with Crippen LogP contribution in [0.3, 0.4) is 0 Å². The minimum absolute atomic E-state index is 0.183. The van der Waals surface area contributed by atoms with Crippen LogP contribution < -0.4 is 20.7 Å². The van der Waals surface area contributed by atoms with Crippen molar-refractivity contribution in [3.8, 4) is 11.1 Å². The van der Waals surface area contributed by atoms with Crippen molar-refractivity contribution in [1.29, 1.82) is 0 Å². The van der Waals surface area contributed by atoms with Gasteiger partial charge in [-0.15, -0.1) is 0 Å². The number of aliphatic hydroxyl groups is 1. The molecule has 0 radical (unpaired) electrons. The Labute approximate surface area is 290 Å². The molecule has 0 aliphatic carbocycles. The van der Waals surface area contributed by atoms with Crippen LogP contribution >= 0.6 is 0 Å². The summed E-state index contributed by atoms with van der Waals surface area (Å²) in [6, 6.07) is 11.1. The molecule has 3 aromatic heterocycles. The molecule has 0 spiro atoms. The zero-order chi connectivity index (χ0) is 34.5. The van der Waals surface area contributed by atoms with E-state index in [4.69, 9.17) is 4.74 Å². The molecule has 8 rings (SSSR count). The van der Waals surface area contributed by atoms with Crippen LogP contribution in [0.5, 0.6) is 0 Å². The molecule has 0 bridgehead atoms. The van der Waals surface area contributed by atoms with Crippen molar-refractivity contribution in [3.63, 3.8) is 0 Å². The zero-order valence-corrected chi connectivity index (χ0v) is 28.7. The van der Waals surface area contributed by atoms with Gasteiger partial charge in [0.25, 0.3) is 11.5 Å². The second kappa shape index (κ2) is 13.3. The van der Waals surface area contributed by atoms with Gasteiger partial charge in [0.1, 0.15) is 17.3 Å². The minimum atomic E-state index is -0.533. The number of fused-ring (bicyclic) bond motifs is 3. The number of carbonyl (C=O) groups is 1. The second-order valence-corrected chi connectivity index (χ2v) is 13.9. The third-order valence-corrected chi connectivity index (χ3v) is 11.0. The van der Waals surface area contributed by atoms with Gasteiger partial charge >= 0.3 is 0 Å². The lowest BCUT2D eigenvalue weighted by molar-refractivity contribution is -0.0698. The molecule has 12 heteroatoms. The Hall–Kier alpha value is -4.52. The van der Waals surface area contributed by atoms with Gasteiger partial charge in [0.15, 0.2) is 0 Å². The smallest absolute Gasteiger partial charge is 0.274 e. The molecule has 1 aromatic carbocycles. The molecule has 1 amide bonds. The largest absolute Gasteiger partial charge is 0.392 e. The van der Waals surface area contributed by atoms with Gasteiger partial charge in [0, 0.05) is 80.9 Å². The second-order valence-electron chi connectivity index (χ2n) is 13.9. The number of halogens is 1. The molecule has 0 saturated carbocycles. The predicted molar refractivity (Wildman–Crippen MR) is 191 cm³/mol. The summed E-state index contributed by atoms with van der Waals surface area (Å²) < 4.78 is 24.5. The van der Waals surface area contributed by atoms with E-state index in [1.165, 1.54) is 22.4 Å². The van der Waals surface area contributed by atoms with E-state index in [9.17, 15) is 14.7 Å². The molecule has 2 fully saturated rings. The minimum Gasteiger partial charge on any atom is -0.392 e. The van der Waals surface area contributed by atoms with Gasteiger partial charge < -0.3 is 34.1 Å². The number of anilines is 4. The predicted octanol–water partition coefficient (Wildman–Crippen LogP) is 4.46. The van der Waals surface area contributed by atoms with Gasteiger partial charge in [0.05, 0.1) is 49.0 Å². The van der Waals surface area contributed by atoms with Gasteiger partial charge in [-0.2, -0.15) is 0 Å². The van der Waals surface area contributed by atoms with Crippen molar-refractivity contribution in [1.82, 2.24) is 19.0 Å². The van der Waals surface area contributed by atoms with Crippen LogP contribution in [-0.4, -0.2) is 81.5 Å². The molecule has 50 heavy (non-hydrogen) atoms. The number of hydrogen-bond acceptors (Lipinski definition) is 8. The Balaban J connectivity index is 1.06. The van der Waals surface area contributed by atoms with Crippen molar-refractivity contribution in [2.24, 2.45) is 7.05 Å². The summed E-state index contributed by atoms with van der Waals surface area (Å²) in [6.07, 6.45) is 8.29. The molecule has 2 N–H and O–H groups in total. The lowest BCUT2D eigenvalue weighted by Gasteiger charge is -2.47. The van der Waals surface area contributed by atoms with Crippen molar-refractivity contribution in [2.75, 3.05) is 54.5 Å². The number of pyridine rings is 2. The van der Waals surface area contributed by atoms with Crippen molar-refractivity contribution in [2.45, 2.75) is 64.3 Å². The van der Waals surface area contributed by atoms with Gasteiger partial charge in [-0.1, -0.05) is 6.92 Å². The molecule has 11 nitrogen and oxygen atoms in total. The lowest BCUT2D eigenvalue weighted by Crippen LogP contribution is -2.60. The van der Waals surface area contributed by atoms with E-state index in [2.05, 4.69) is 31.6 Å². The highest BCUT2D eigenvalue weighted by atomic mass is 19.1. The van der Waals surface area contributed by atoms with E-state index in [0.29, 0.717) is 58.8 Å². The molecule has 1 unspecified atom stereocenters. The van der Waals surface area contributed by atoms with E-state index < -0.39 is 12.4 Å². The first-order valence-corrected chi connectivity index (χ1v) is 17.8. The lowest BCUT2D eigenvalue weighted by atomic mass is 9.96. The van der Waals surface area contributed by atoms with Crippen molar-refractivity contribution < 1.29 is 19.0 Å². The highest BCUT2D eigenvalue weighted by Crippen LogP contribution is 2.37. The number of rotatable bonds is 8. The number of benzene rings is 1. The number of nitrogens with one attached hydrogen (secondary N) is 1. The first-order chi connectivity index (χ1) is 24.3. The van der Waals surface area contributed by atoms with Crippen LogP contribution in [0.2, 0.25) is 0 Å². The number of hydrogen-bond donors (Lipinski definition) is 2. The number of ether oxygens (including phenoxy) is 1. The van der Waals surface area contributed by atoms with Crippen LogP contribution in [-0.2, 0) is 37.8 Å². The molecular weight excluding hydrogens is 637 g/mol. The summed E-state index contributed by atoms with van der Waals surface area (Å²) >= 11 is 0. The Bertz CT molecular complexity index is 1990. The molecule has 2 saturated heterocycles. The van der Waals surface area contributed by atoms with Crippen molar-refractivity contribution in [3.05, 3.63) is 87.5 Å². The van der Waals surface area contributed by atoms with Gasteiger partial charge in [-0.05, 0) is 67.6 Å². The van der Waals surface area contributed by atoms with Crippen LogP contribution in [0.4, 0.5) is 27.3 Å². The Kier molecular flexibility index (Phi) is 8.70. The van der Waals surface area contributed by atoms with Crippen LogP contribution in [0.15, 0.2) is 53.6 Å². The summed E-state index contributed by atoms with van der Waals surface area (Å²) in [7, 11) is 1.64. The summed E-state index contributed by atoms with van der Waals surface area (Å²) in [4.78, 5) is 38.4. The standard InChI is InChI=1S/C38H44FN7O4/c1-3-26-20-43(29-22-50-23-29)12-13-44(26)28-7-8-36(40-18-28)41-33-14-24(19-42(2)38(33)49)30-15-25(39)16-35(32(30)21-47)46-11-9-34-31(37(46)48)17-27-6-4-5-10-45(27)34/h7-8,14-19,26,29,47H,3-6,9-13,20-23H2,1-2H3,(H,40,41). The normalized spacial score (nSPS) is 19.7. The Morgan fingerprint density at radius 2 is 1.88 bits per heavy atom. The van der Waals surface area contributed by atoms with E-state index in [-0.39, 0.29) is 17.2 Å². The van der Waals surface area contributed by atoms with E-state index in [0.717, 1.165) is 76.5 Å². The molecular formula is C38H44FN7O4. The SMILES string of the molecule is CCC1CN(C2COC2)CCN1c1ccc(Nc2cc(-c3cc(F)cc(N4CCc5c(cc6n5CCCC6)C4=O)c3CO)cn(C)c2=O)nc1. The quantitative estimate of drug-likeness (QED) is 0.281. The average molecular weight is 682 g/mol. The molecule has 1 atom stereocenters.